The number of aliphatic imine (C=N–C) groups is 2. The molecule has 2 saturated carbocycles. The maximum absolute atomic E-state index is 6.04. The van der Waals surface area contributed by atoms with Gasteiger partial charge in [-0.05, 0) is 63.8 Å². The van der Waals surface area contributed by atoms with Gasteiger partial charge in [0.15, 0.2) is 0 Å². The molecular weight excluding hydrogens is 450 g/mol. The molecule has 0 radical (unpaired) electrons. The molecule has 1 heterocycles. The van der Waals surface area contributed by atoms with Crippen LogP contribution in [0.1, 0.15) is 75.3 Å². The topological polar surface area (TPSA) is 60.8 Å². The fourth-order valence-electron chi connectivity index (χ4n) is 5.62. The molecule has 2 aromatic carbocycles. The van der Waals surface area contributed by atoms with Gasteiger partial charge in [0.05, 0.1) is 5.54 Å². The summed E-state index contributed by atoms with van der Waals surface area (Å²) >= 11 is 6.04. The third-order valence-electron chi connectivity index (χ3n) is 7.78. The van der Waals surface area contributed by atoms with Crippen molar-refractivity contribution in [3.05, 3.63) is 59.7 Å². The monoisotopic (exact) mass is 487 g/mol. The van der Waals surface area contributed by atoms with Gasteiger partial charge in [-0.1, -0.05) is 86.1 Å². The lowest BCUT2D eigenvalue weighted by atomic mass is 9.81. The maximum atomic E-state index is 6.04. The highest BCUT2D eigenvalue weighted by atomic mass is 32.1. The van der Waals surface area contributed by atoms with Gasteiger partial charge in [-0.25, -0.2) is 4.99 Å². The standard InChI is InChI=1S/C29H37N5S/c1-21-9-13-23(14-10-21)30-25-28(17-5-3-6-18-28)33-27(32-25)34-29(19-7-4-8-20-29)26(35)31-24-15-11-22(2)12-16-24/h9-16H,3-8,17-20H2,1-2H3,(H,31,35)(H2,30,32,33,34). The summed E-state index contributed by atoms with van der Waals surface area (Å²) in [6.07, 6.45) is 11.2. The van der Waals surface area contributed by atoms with Crippen LogP contribution in [0, 0.1) is 13.8 Å². The molecule has 0 saturated heterocycles. The van der Waals surface area contributed by atoms with Crippen LogP contribution < -0.4 is 16.0 Å². The summed E-state index contributed by atoms with van der Waals surface area (Å²) in [6, 6.07) is 17.0. The molecule has 1 aliphatic heterocycles. The highest BCUT2D eigenvalue weighted by molar-refractivity contribution is 7.80. The average molecular weight is 488 g/mol. The van der Waals surface area contributed by atoms with Gasteiger partial charge in [0.2, 0.25) is 5.96 Å². The minimum absolute atomic E-state index is 0.257. The SMILES string of the molecule is Cc1ccc(NC(=S)C2(NC3=NC4(CCCCC4)C(Nc4ccc(C)cc4)=N3)CCCCC2)cc1. The van der Waals surface area contributed by atoms with E-state index in [0.717, 1.165) is 66.7 Å². The summed E-state index contributed by atoms with van der Waals surface area (Å²) in [6.45, 7) is 4.22. The van der Waals surface area contributed by atoms with Gasteiger partial charge in [0.1, 0.15) is 16.4 Å². The molecule has 0 unspecified atom stereocenters. The van der Waals surface area contributed by atoms with Crippen LogP contribution in [0.4, 0.5) is 11.4 Å². The highest BCUT2D eigenvalue weighted by Crippen LogP contribution is 2.38. The fraction of sp³-hybridized carbons (Fsp3) is 0.483. The lowest BCUT2D eigenvalue weighted by molar-refractivity contribution is 0.350. The average Bonchev–Trinajstić information content (AvgIpc) is 3.18. The summed E-state index contributed by atoms with van der Waals surface area (Å²) < 4.78 is 0. The normalized spacial score (nSPS) is 20.6. The molecule has 0 bridgehead atoms. The van der Waals surface area contributed by atoms with E-state index < -0.39 is 0 Å². The number of guanidine groups is 1. The van der Waals surface area contributed by atoms with E-state index in [-0.39, 0.29) is 11.1 Å². The number of hydrogen-bond acceptors (Lipinski definition) is 5. The predicted molar refractivity (Wildman–Crippen MR) is 152 cm³/mol. The smallest absolute Gasteiger partial charge is 0.221 e. The fourth-order valence-corrected chi connectivity index (χ4v) is 5.99. The molecule has 2 aromatic rings. The summed E-state index contributed by atoms with van der Waals surface area (Å²) in [5.41, 5.74) is 4.02. The number of benzene rings is 2. The van der Waals surface area contributed by atoms with E-state index >= 15 is 0 Å². The van der Waals surface area contributed by atoms with E-state index in [1.807, 2.05) is 0 Å². The molecule has 2 aliphatic carbocycles. The Balaban J connectivity index is 1.41. The summed E-state index contributed by atoms with van der Waals surface area (Å²) in [7, 11) is 0. The quantitative estimate of drug-likeness (QED) is 0.410. The van der Waals surface area contributed by atoms with E-state index in [9.17, 15) is 0 Å². The van der Waals surface area contributed by atoms with Crippen molar-refractivity contribution in [2.75, 3.05) is 10.6 Å². The van der Waals surface area contributed by atoms with Gasteiger partial charge in [-0.3, -0.25) is 0 Å². The Morgan fingerprint density at radius 2 is 1.29 bits per heavy atom. The molecule has 0 amide bonds. The first-order chi connectivity index (χ1) is 17.0. The van der Waals surface area contributed by atoms with Gasteiger partial charge in [0, 0.05) is 11.4 Å². The Kier molecular flexibility index (Phi) is 6.92. The van der Waals surface area contributed by atoms with Crippen molar-refractivity contribution in [1.29, 1.82) is 0 Å². The van der Waals surface area contributed by atoms with Crippen LogP contribution >= 0.6 is 12.2 Å². The number of thiocarbonyl (C=S) groups is 1. The molecule has 0 aromatic heterocycles. The number of nitrogens with zero attached hydrogens (tertiary/aromatic N) is 2. The van der Waals surface area contributed by atoms with Crippen LogP contribution in [0.15, 0.2) is 58.5 Å². The molecule has 1 spiro atoms. The Labute approximate surface area is 214 Å². The first-order valence-corrected chi connectivity index (χ1v) is 13.6. The van der Waals surface area contributed by atoms with E-state index in [4.69, 9.17) is 22.2 Å². The first kappa shape index (κ1) is 24.0. The minimum Gasteiger partial charge on any atom is -0.348 e. The second-order valence-electron chi connectivity index (χ2n) is 10.6. The van der Waals surface area contributed by atoms with Gasteiger partial charge in [-0.2, -0.15) is 4.99 Å². The van der Waals surface area contributed by atoms with Crippen molar-refractivity contribution in [2.45, 2.75) is 89.1 Å². The first-order valence-electron chi connectivity index (χ1n) is 13.2. The largest absolute Gasteiger partial charge is 0.348 e. The van der Waals surface area contributed by atoms with Gasteiger partial charge >= 0.3 is 0 Å². The molecule has 0 atom stereocenters. The van der Waals surface area contributed by atoms with Crippen LogP contribution in [0.25, 0.3) is 0 Å². The maximum Gasteiger partial charge on any atom is 0.221 e. The number of nitrogens with one attached hydrogen (secondary N) is 3. The van der Waals surface area contributed by atoms with Crippen molar-refractivity contribution in [1.82, 2.24) is 5.32 Å². The number of amidine groups is 1. The minimum atomic E-state index is -0.323. The summed E-state index contributed by atoms with van der Waals surface area (Å²) in [4.78, 5) is 11.2. The van der Waals surface area contributed by atoms with Crippen molar-refractivity contribution in [2.24, 2.45) is 9.98 Å². The van der Waals surface area contributed by atoms with Crippen molar-refractivity contribution < 1.29 is 0 Å². The Morgan fingerprint density at radius 1 is 0.743 bits per heavy atom. The molecule has 6 heteroatoms. The van der Waals surface area contributed by atoms with Gasteiger partial charge in [-0.15, -0.1) is 0 Å². The Morgan fingerprint density at radius 3 is 1.89 bits per heavy atom. The van der Waals surface area contributed by atoms with Gasteiger partial charge in [0.25, 0.3) is 0 Å². The second-order valence-corrected chi connectivity index (χ2v) is 11.0. The van der Waals surface area contributed by atoms with Crippen molar-refractivity contribution in [3.8, 4) is 0 Å². The number of anilines is 2. The summed E-state index contributed by atoms with van der Waals surface area (Å²) in [5.74, 6) is 1.71. The predicted octanol–water partition coefficient (Wildman–Crippen LogP) is 6.92. The third kappa shape index (κ3) is 5.27. The van der Waals surface area contributed by atoms with Crippen LogP contribution in [-0.4, -0.2) is 27.9 Å². The number of rotatable bonds is 4. The van der Waals surface area contributed by atoms with Crippen molar-refractivity contribution >= 4 is 40.4 Å². The second kappa shape index (κ2) is 10.1. The number of aryl methyl sites for hydroxylation is 2. The molecule has 2 fully saturated rings. The molecule has 3 N–H and O–H groups in total. The molecular formula is C29H37N5S. The highest BCUT2D eigenvalue weighted by Gasteiger charge is 2.44. The Hall–Kier alpha value is -2.73. The van der Waals surface area contributed by atoms with E-state index in [1.165, 1.54) is 36.8 Å². The lowest BCUT2D eigenvalue weighted by Crippen LogP contribution is -2.56. The van der Waals surface area contributed by atoms with E-state index in [1.54, 1.807) is 0 Å². The van der Waals surface area contributed by atoms with Crippen LogP contribution in [0.5, 0.6) is 0 Å². The van der Waals surface area contributed by atoms with E-state index in [0.29, 0.717) is 0 Å². The summed E-state index contributed by atoms with van der Waals surface area (Å²) in [5, 5.41) is 10.9. The van der Waals surface area contributed by atoms with Crippen LogP contribution in [-0.2, 0) is 0 Å². The van der Waals surface area contributed by atoms with Crippen molar-refractivity contribution in [3.63, 3.8) is 0 Å². The van der Waals surface area contributed by atoms with Crippen LogP contribution in [0.3, 0.4) is 0 Å². The molecule has 3 aliphatic rings. The molecule has 5 nitrogen and oxygen atoms in total. The zero-order valence-electron chi connectivity index (χ0n) is 21.0. The van der Waals surface area contributed by atoms with Gasteiger partial charge < -0.3 is 16.0 Å². The molecule has 5 rings (SSSR count). The zero-order valence-corrected chi connectivity index (χ0v) is 21.8. The third-order valence-corrected chi connectivity index (χ3v) is 8.27. The molecule has 35 heavy (non-hydrogen) atoms. The zero-order chi connectivity index (χ0) is 24.3. The van der Waals surface area contributed by atoms with Crippen LogP contribution in [0.2, 0.25) is 0 Å². The molecule has 184 valence electrons. The lowest BCUT2D eigenvalue weighted by Gasteiger charge is -2.39. The number of hydrogen-bond donors (Lipinski definition) is 3. The Bertz CT molecular complexity index is 1100. The van der Waals surface area contributed by atoms with E-state index in [2.05, 4.69) is 78.3 Å².